The molecule has 2 saturated carbocycles. The lowest BCUT2D eigenvalue weighted by atomic mass is 9.78. The van der Waals surface area contributed by atoms with Gasteiger partial charge in [0.05, 0.1) is 5.60 Å². The van der Waals surface area contributed by atoms with Crippen LogP contribution in [0.15, 0.2) is 0 Å². The molecular formula is C9H17NO. The molecule has 0 aromatic rings. The summed E-state index contributed by atoms with van der Waals surface area (Å²) in [5.41, 5.74) is 5.38. The van der Waals surface area contributed by atoms with Gasteiger partial charge >= 0.3 is 0 Å². The fourth-order valence-electron chi connectivity index (χ4n) is 3.01. The van der Waals surface area contributed by atoms with Gasteiger partial charge in [-0.3, -0.25) is 0 Å². The molecule has 2 aliphatic carbocycles. The molecule has 0 aromatic heterocycles. The maximum Gasteiger partial charge on any atom is 0.0851 e. The van der Waals surface area contributed by atoms with Crippen LogP contribution in [0.2, 0.25) is 0 Å². The van der Waals surface area contributed by atoms with Crippen LogP contribution in [-0.2, 0) is 0 Å². The monoisotopic (exact) mass is 155 g/mol. The zero-order chi connectivity index (χ0) is 8.28. The van der Waals surface area contributed by atoms with Gasteiger partial charge in [-0.2, -0.15) is 0 Å². The molecule has 2 heteroatoms. The quantitative estimate of drug-likeness (QED) is 0.545. The van der Waals surface area contributed by atoms with E-state index in [1.165, 1.54) is 0 Å². The lowest BCUT2D eigenvalue weighted by molar-refractivity contribution is -0.0404. The van der Waals surface area contributed by atoms with Gasteiger partial charge in [0.25, 0.3) is 0 Å². The van der Waals surface area contributed by atoms with Gasteiger partial charge in [-0.05, 0) is 30.6 Å². The molecule has 0 heterocycles. The summed E-state index contributed by atoms with van der Waals surface area (Å²) in [5, 5.41) is 10.2. The Morgan fingerprint density at radius 3 is 2.27 bits per heavy atom. The Morgan fingerprint density at radius 2 is 2.09 bits per heavy atom. The van der Waals surface area contributed by atoms with Crippen LogP contribution in [0.5, 0.6) is 0 Å². The molecule has 2 rings (SSSR count). The molecule has 11 heavy (non-hydrogen) atoms. The summed E-state index contributed by atoms with van der Waals surface area (Å²) >= 11 is 0. The number of hydrogen-bond acceptors (Lipinski definition) is 2. The molecule has 0 aromatic carbocycles. The lowest BCUT2D eigenvalue weighted by Crippen LogP contribution is -2.49. The summed E-state index contributed by atoms with van der Waals surface area (Å²) in [4.78, 5) is 0. The molecule has 0 amide bonds. The molecule has 2 aliphatic rings. The van der Waals surface area contributed by atoms with Crippen LogP contribution in [0.3, 0.4) is 0 Å². The molecule has 3 atom stereocenters. The van der Waals surface area contributed by atoms with Crippen molar-refractivity contribution in [3.8, 4) is 0 Å². The van der Waals surface area contributed by atoms with Crippen LogP contribution in [0.25, 0.3) is 0 Å². The highest BCUT2D eigenvalue weighted by atomic mass is 16.3. The largest absolute Gasteiger partial charge is 0.388 e. The Kier molecular flexibility index (Phi) is 1.24. The Morgan fingerprint density at radius 1 is 1.45 bits per heavy atom. The maximum atomic E-state index is 10.2. The highest BCUT2D eigenvalue weighted by Gasteiger charge is 2.62. The summed E-state index contributed by atoms with van der Waals surface area (Å²) < 4.78 is 0. The van der Waals surface area contributed by atoms with Crippen molar-refractivity contribution in [2.75, 3.05) is 0 Å². The van der Waals surface area contributed by atoms with Crippen molar-refractivity contribution in [3.63, 3.8) is 0 Å². The van der Waals surface area contributed by atoms with Crippen molar-refractivity contribution in [2.45, 2.75) is 44.8 Å². The van der Waals surface area contributed by atoms with Crippen molar-refractivity contribution >= 4 is 0 Å². The van der Waals surface area contributed by atoms with Crippen LogP contribution >= 0.6 is 0 Å². The van der Waals surface area contributed by atoms with Gasteiger partial charge in [-0.15, -0.1) is 0 Å². The smallest absolute Gasteiger partial charge is 0.0851 e. The van der Waals surface area contributed by atoms with Gasteiger partial charge in [-0.25, -0.2) is 0 Å². The molecular weight excluding hydrogens is 138 g/mol. The predicted molar refractivity (Wildman–Crippen MR) is 44.0 cm³/mol. The second-order valence-corrected chi connectivity index (χ2v) is 4.72. The lowest BCUT2D eigenvalue weighted by Gasteiger charge is -2.35. The average Bonchev–Trinajstić information content (AvgIpc) is 2.20. The minimum Gasteiger partial charge on any atom is -0.388 e. The average molecular weight is 155 g/mol. The summed E-state index contributed by atoms with van der Waals surface area (Å²) in [6, 6.07) is 0.0243. The number of aliphatic hydroxyl groups is 1. The van der Waals surface area contributed by atoms with Crippen LogP contribution < -0.4 is 5.73 Å². The third kappa shape index (κ3) is 0.651. The predicted octanol–water partition coefficient (Wildman–Crippen LogP) is 0.885. The van der Waals surface area contributed by atoms with Crippen molar-refractivity contribution in [3.05, 3.63) is 0 Å². The van der Waals surface area contributed by atoms with E-state index in [1.807, 2.05) is 0 Å². The minimum absolute atomic E-state index is 0.0243. The molecule has 0 spiro atoms. The van der Waals surface area contributed by atoms with Gasteiger partial charge in [0.2, 0.25) is 0 Å². The first-order valence-electron chi connectivity index (χ1n) is 4.46. The second kappa shape index (κ2) is 1.80. The third-order valence-electron chi connectivity index (χ3n) is 4.16. The molecule has 2 fully saturated rings. The van der Waals surface area contributed by atoms with E-state index in [9.17, 15) is 5.11 Å². The van der Waals surface area contributed by atoms with Gasteiger partial charge in [0.1, 0.15) is 0 Å². The van der Waals surface area contributed by atoms with Crippen LogP contribution in [0.1, 0.15) is 33.1 Å². The van der Waals surface area contributed by atoms with Gasteiger partial charge in [0, 0.05) is 6.04 Å². The molecule has 0 saturated heterocycles. The first kappa shape index (κ1) is 7.56. The number of fused-ring (bicyclic) bond motifs is 2. The first-order chi connectivity index (χ1) is 4.98. The van der Waals surface area contributed by atoms with E-state index in [0.29, 0.717) is 5.92 Å². The molecule has 0 aliphatic heterocycles. The number of nitrogens with two attached hydrogens (primary N) is 1. The Labute approximate surface area is 67.8 Å². The highest BCUT2D eigenvalue weighted by molar-refractivity contribution is 5.15. The number of rotatable bonds is 0. The Hall–Kier alpha value is -0.0800. The minimum atomic E-state index is -0.558. The Balaban J connectivity index is 2.40. The summed E-state index contributed by atoms with van der Waals surface area (Å²) in [6.07, 6.45) is 3.09. The van der Waals surface area contributed by atoms with Crippen LogP contribution in [0, 0.1) is 11.3 Å². The van der Waals surface area contributed by atoms with Gasteiger partial charge in [0.15, 0.2) is 0 Å². The zero-order valence-corrected chi connectivity index (χ0v) is 7.30. The Bertz CT molecular complexity index is 190. The molecule has 2 bridgehead atoms. The second-order valence-electron chi connectivity index (χ2n) is 4.72. The van der Waals surface area contributed by atoms with Crippen molar-refractivity contribution in [2.24, 2.45) is 17.1 Å². The molecule has 3 N–H and O–H groups in total. The van der Waals surface area contributed by atoms with E-state index in [4.69, 9.17) is 5.73 Å². The maximum absolute atomic E-state index is 10.2. The van der Waals surface area contributed by atoms with Crippen molar-refractivity contribution in [1.29, 1.82) is 0 Å². The van der Waals surface area contributed by atoms with Crippen LogP contribution in [0.4, 0.5) is 0 Å². The van der Waals surface area contributed by atoms with Crippen LogP contribution in [-0.4, -0.2) is 16.7 Å². The standard InChI is InChI=1S/C9H17NO/c1-8(2)6-3-4-9(8,11)7(10)5-6/h6-7,11H,3-5,10H2,1-2H3/t6-,7-,9-/m0/s1. The van der Waals surface area contributed by atoms with E-state index in [-0.39, 0.29) is 11.5 Å². The fourth-order valence-corrected chi connectivity index (χ4v) is 3.01. The van der Waals surface area contributed by atoms with Gasteiger partial charge in [-0.1, -0.05) is 13.8 Å². The number of hydrogen-bond donors (Lipinski definition) is 2. The van der Waals surface area contributed by atoms with E-state index in [0.717, 1.165) is 19.3 Å². The fraction of sp³-hybridized carbons (Fsp3) is 1.00. The summed E-state index contributed by atoms with van der Waals surface area (Å²) in [5.74, 6) is 0.655. The van der Waals surface area contributed by atoms with Crippen molar-refractivity contribution in [1.82, 2.24) is 0 Å². The van der Waals surface area contributed by atoms with Gasteiger partial charge < -0.3 is 10.8 Å². The molecule has 0 radical (unpaired) electrons. The summed E-state index contributed by atoms with van der Waals surface area (Å²) in [6.45, 7) is 4.30. The molecule has 0 unspecified atom stereocenters. The van der Waals surface area contributed by atoms with E-state index in [2.05, 4.69) is 13.8 Å². The first-order valence-corrected chi connectivity index (χ1v) is 4.46. The van der Waals surface area contributed by atoms with E-state index < -0.39 is 5.60 Å². The molecule has 2 nitrogen and oxygen atoms in total. The normalized spacial score (nSPS) is 53.5. The SMILES string of the molecule is CC1(C)[C@H]2CC[C@]1(O)[C@@H](N)C2. The highest BCUT2D eigenvalue weighted by Crippen LogP contribution is 2.59. The summed E-state index contributed by atoms with van der Waals surface area (Å²) in [7, 11) is 0. The van der Waals surface area contributed by atoms with E-state index in [1.54, 1.807) is 0 Å². The van der Waals surface area contributed by atoms with Crippen molar-refractivity contribution < 1.29 is 5.11 Å². The van der Waals surface area contributed by atoms with E-state index >= 15 is 0 Å². The third-order valence-corrected chi connectivity index (χ3v) is 4.16. The molecule has 64 valence electrons. The zero-order valence-electron chi connectivity index (χ0n) is 7.30. The topological polar surface area (TPSA) is 46.2 Å².